The predicted octanol–water partition coefficient (Wildman–Crippen LogP) is 6.02. The summed E-state index contributed by atoms with van der Waals surface area (Å²) in [7, 11) is 1.45. The van der Waals surface area contributed by atoms with Gasteiger partial charge in [-0.3, -0.25) is 19.3 Å². The zero-order valence-corrected chi connectivity index (χ0v) is 21.2. The third-order valence-corrected chi connectivity index (χ3v) is 6.46. The molecular weight excluding hydrogens is 545 g/mol. The molecule has 3 aromatic rings. The van der Waals surface area contributed by atoms with Gasteiger partial charge in [-0.05, 0) is 53.7 Å². The molecule has 0 unspecified atom stereocenters. The largest absolute Gasteiger partial charge is 0.493 e. The average molecular weight is 563 g/mol. The molecule has 12 heteroatoms. The number of rotatable bonds is 8. The number of para-hydroxylation sites is 1. The van der Waals surface area contributed by atoms with Gasteiger partial charge in [-0.1, -0.05) is 35.9 Å². The van der Waals surface area contributed by atoms with Crippen LogP contribution in [0.4, 0.5) is 23.7 Å². The number of nitrogens with zero attached hydrogens (tertiary/aromatic N) is 1. The first kappa shape index (κ1) is 27.1. The van der Waals surface area contributed by atoms with Crippen LogP contribution in [0.25, 0.3) is 6.08 Å². The molecule has 1 aliphatic rings. The highest BCUT2D eigenvalue weighted by atomic mass is 35.5. The number of anilines is 1. The molecule has 0 aromatic heterocycles. The van der Waals surface area contributed by atoms with Gasteiger partial charge in [0.2, 0.25) is 5.91 Å². The number of carbonyl (C=O) groups excluding carboxylic acids is 3. The number of benzene rings is 3. The minimum Gasteiger partial charge on any atom is -0.493 e. The van der Waals surface area contributed by atoms with Crippen LogP contribution >= 0.6 is 23.4 Å². The fourth-order valence-corrected chi connectivity index (χ4v) is 4.39. The number of amides is 3. The number of thioether (sulfide) groups is 1. The van der Waals surface area contributed by atoms with E-state index in [1.54, 1.807) is 42.5 Å². The van der Waals surface area contributed by atoms with Crippen LogP contribution in [0.5, 0.6) is 11.5 Å². The van der Waals surface area contributed by atoms with Crippen molar-refractivity contribution >= 4 is 52.2 Å². The number of ether oxygens (including phenoxy) is 2. The molecule has 0 radical (unpaired) electrons. The Morgan fingerprint density at radius 2 is 1.79 bits per heavy atom. The van der Waals surface area contributed by atoms with E-state index in [0.717, 1.165) is 11.6 Å². The highest BCUT2D eigenvalue weighted by molar-refractivity contribution is 8.18. The molecule has 1 fully saturated rings. The van der Waals surface area contributed by atoms with Crippen molar-refractivity contribution in [1.82, 2.24) is 4.90 Å². The van der Waals surface area contributed by atoms with Crippen LogP contribution < -0.4 is 14.8 Å². The maximum atomic E-state index is 13.9. The summed E-state index contributed by atoms with van der Waals surface area (Å²) in [6, 6.07) is 13.5. The lowest BCUT2D eigenvalue weighted by atomic mass is 10.1. The second kappa shape index (κ2) is 11.6. The summed E-state index contributed by atoms with van der Waals surface area (Å²) in [6.07, 6.45) is 1.43. The molecule has 1 aliphatic heterocycles. The van der Waals surface area contributed by atoms with Gasteiger partial charge in [-0.25, -0.2) is 13.2 Å². The van der Waals surface area contributed by atoms with Crippen molar-refractivity contribution in [2.75, 3.05) is 19.0 Å². The van der Waals surface area contributed by atoms with E-state index in [0.29, 0.717) is 44.8 Å². The summed E-state index contributed by atoms with van der Waals surface area (Å²) < 4.78 is 51.7. The Morgan fingerprint density at radius 3 is 2.50 bits per heavy atom. The monoisotopic (exact) mass is 562 g/mol. The molecule has 38 heavy (non-hydrogen) atoms. The van der Waals surface area contributed by atoms with Crippen LogP contribution in [0.2, 0.25) is 5.02 Å². The van der Waals surface area contributed by atoms with Gasteiger partial charge in [0.05, 0.1) is 17.7 Å². The van der Waals surface area contributed by atoms with Crippen molar-refractivity contribution in [3.63, 3.8) is 0 Å². The van der Waals surface area contributed by atoms with Gasteiger partial charge < -0.3 is 14.8 Å². The van der Waals surface area contributed by atoms with E-state index in [1.807, 2.05) is 5.32 Å². The number of halogens is 4. The van der Waals surface area contributed by atoms with Crippen LogP contribution in [0.3, 0.4) is 0 Å². The highest BCUT2D eigenvalue weighted by Gasteiger charge is 2.36. The van der Waals surface area contributed by atoms with Crippen molar-refractivity contribution in [1.29, 1.82) is 0 Å². The van der Waals surface area contributed by atoms with E-state index in [4.69, 9.17) is 21.1 Å². The fourth-order valence-electron chi connectivity index (χ4n) is 3.43. The third-order valence-electron chi connectivity index (χ3n) is 5.30. The third kappa shape index (κ3) is 5.95. The zero-order chi connectivity index (χ0) is 27.4. The zero-order valence-electron chi connectivity index (χ0n) is 19.6. The topological polar surface area (TPSA) is 84.9 Å². The van der Waals surface area contributed by atoms with Gasteiger partial charge in [0, 0.05) is 10.6 Å². The van der Waals surface area contributed by atoms with Crippen LogP contribution in [0.1, 0.15) is 11.1 Å². The summed E-state index contributed by atoms with van der Waals surface area (Å²) in [5, 5.41) is 1.86. The molecule has 0 aliphatic carbocycles. The van der Waals surface area contributed by atoms with E-state index in [2.05, 4.69) is 0 Å². The standard InChI is InChI=1S/C26H18ClF3N2O5S/c1-36-19-4-2-3-15(24(19)37-13-14-5-7-16(27)8-6-14)11-20-25(34)32(26(35)38-20)12-21(33)31-18-10-9-17(28)22(29)23(18)30/h2-11H,12-13H2,1H3,(H,31,33)/b20-11+. The second-order valence-electron chi connectivity index (χ2n) is 7.83. The van der Waals surface area contributed by atoms with E-state index in [9.17, 15) is 27.6 Å². The Bertz CT molecular complexity index is 1450. The van der Waals surface area contributed by atoms with E-state index in [1.165, 1.54) is 13.2 Å². The van der Waals surface area contributed by atoms with Gasteiger partial charge >= 0.3 is 0 Å². The average Bonchev–Trinajstić information content (AvgIpc) is 3.16. The molecule has 196 valence electrons. The SMILES string of the molecule is COc1cccc(/C=C2/SC(=O)N(CC(=O)Nc3ccc(F)c(F)c3F)C2=O)c1OCc1ccc(Cl)cc1. The van der Waals surface area contributed by atoms with Gasteiger partial charge in [0.1, 0.15) is 13.2 Å². The second-order valence-corrected chi connectivity index (χ2v) is 9.26. The van der Waals surface area contributed by atoms with E-state index in [-0.39, 0.29) is 11.5 Å². The van der Waals surface area contributed by atoms with Gasteiger partial charge in [0.25, 0.3) is 11.1 Å². The number of methoxy groups -OCH3 is 1. The summed E-state index contributed by atoms with van der Waals surface area (Å²) in [4.78, 5) is 38.4. The lowest BCUT2D eigenvalue weighted by molar-refractivity contribution is -0.127. The van der Waals surface area contributed by atoms with Crippen molar-refractivity contribution in [3.8, 4) is 11.5 Å². The predicted molar refractivity (Wildman–Crippen MR) is 136 cm³/mol. The molecule has 3 amide bonds. The molecule has 0 spiro atoms. The summed E-state index contributed by atoms with van der Waals surface area (Å²) in [5.74, 6) is -5.83. The number of nitrogens with one attached hydrogen (secondary N) is 1. The number of carbonyl (C=O) groups is 3. The maximum Gasteiger partial charge on any atom is 0.294 e. The van der Waals surface area contributed by atoms with Crippen molar-refractivity contribution < 1.29 is 37.0 Å². The molecule has 4 rings (SSSR count). The Hall–Kier alpha value is -3.96. The van der Waals surface area contributed by atoms with Crippen LogP contribution in [-0.4, -0.2) is 35.6 Å². The van der Waals surface area contributed by atoms with Gasteiger partial charge in [-0.2, -0.15) is 0 Å². The molecule has 1 heterocycles. The summed E-state index contributed by atoms with van der Waals surface area (Å²) >= 11 is 6.51. The van der Waals surface area contributed by atoms with E-state index >= 15 is 0 Å². The molecule has 0 atom stereocenters. The Morgan fingerprint density at radius 1 is 1.05 bits per heavy atom. The minimum atomic E-state index is -1.76. The number of hydrogen-bond acceptors (Lipinski definition) is 6. The van der Waals surface area contributed by atoms with Gasteiger partial charge in [-0.15, -0.1) is 0 Å². The smallest absolute Gasteiger partial charge is 0.294 e. The summed E-state index contributed by atoms with van der Waals surface area (Å²) in [5.41, 5.74) is 0.641. The van der Waals surface area contributed by atoms with E-state index < -0.39 is 46.7 Å². The van der Waals surface area contributed by atoms with Crippen molar-refractivity contribution in [3.05, 3.63) is 93.1 Å². The fraction of sp³-hybridized carbons (Fsp3) is 0.115. The first-order valence-corrected chi connectivity index (χ1v) is 12.1. The number of imide groups is 1. The molecular formula is C26H18ClF3N2O5S. The molecule has 3 aromatic carbocycles. The lowest BCUT2D eigenvalue weighted by Gasteiger charge is -2.14. The molecule has 0 bridgehead atoms. The quantitative estimate of drug-likeness (QED) is 0.267. The lowest BCUT2D eigenvalue weighted by Crippen LogP contribution is -2.36. The summed E-state index contributed by atoms with van der Waals surface area (Å²) in [6.45, 7) is -0.598. The maximum absolute atomic E-state index is 13.9. The molecule has 7 nitrogen and oxygen atoms in total. The first-order chi connectivity index (χ1) is 18.2. The van der Waals surface area contributed by atoms with Gasteiger partial charge in [0.15, 0.2) is 29.0 Å². The first-order valence-electron chi connectivity index (χ1n) is 10.9. The van der Waals surface area contributed by atoms with Crippen LogP contribution in [0, 0.1) is 17.5 Å². The molecule has 1 saturated heterocycles. The Balaban J connectivity index is 1.51. The van der Waals surface area contributed by atoms with Crippen molar-refractivity contribution in [2.24, 2.45) is 0 Å². The van der Waals surface area contributed by atoms with Crippen molar-refractivity contribution in [2.45, 2.75) is 6.61 Å². The highest BCUT2D eigenvalue weighted by Crippen LogP contribution is 2.38. The van der Waals surface area contributed by atoms with Crippen LogP contribution in [-0.2, 0) is 16.2 Å². The Labute approximate surface area is 224 Å². The Kier molecular flexibility index (Phi) is 8.28. The van der Waals surface area contributed by atoms with Crippen LogP contribution in [0.15, 0.2) is 59.5 Å². The minimum absolute atomic E-state index is 0.00593. The number of hydrogen-bond donors (Lipinski definition) is 1. The normalized spacial score (nSPS) is 14.2. The molecule has 0 saturated carbocycles. The molecule has 1 N–H and O–H groups in total.